The van der Waals surface area contributed by atoms with Crippen LogP contribution in [0.4, 0.5) is 0 Å². The van der Waals surface area contributed by atoms with E-state index < -0.39 is 10.0 Å². The summed E-state index contributed by atoms with van der Waals surface area (Å²) >= 11 is 4.97. The molecule has 1 aromatic carbocycles. The maximum Gasteiger partial charge on any atom is 0.241 e. The number of hydrogen-bond donors (Lipinski definition) is 2. The summed E-state index contributed by atoms with van der Waals surface area (Å²) in [4.78, 5) is 0.311. The Kier molecular flexibility index (Phi) is 6.14. The molecule has 0 spiro atoms. The lowest BCUT2D eigenvalue weighted by Crippen LogP contribution is -2.34. The molecule has 1 aromatic rings. The number of rotatable bonds is 8. The van der Waals surface area contributed by atoms with Crippen molar-refractivity contribution < 1.29 is 8.42 Å². The molecule has 2 rings (SSSR count). The lowest BCUT2D eigenvalue weighted by Gasteiger charge is -2.15. The summed E-state index contributed by atoms with van der Waals surface area (Å²) < 4.78 is 28.3. The fourth-order valence-corrected chi connectivity index (χ4v) is 4.97. The Morgan fingerprint density at radius 3 is 2.76 bits per heavy atom. The van der Waals surface area contributed by atoms with Gasteiger partial charge in [-0.2, -0.15) is 11.8 Å². The average molecular weight is 393 g/mol. The Morgan fingerprint density at radius 2 is 2.14 bits per heavy atom. The van der Waals surface area contributed by atoms with Gasteiger partial charge >= 0.3 is 0 Å². The van der Waals surface area contributed by atoms with Gasteiger partial charge in [-0.05, 0) is 59.6 Å². The number of thioether (sulfide) groups is 1. The number of halogens is 1. The minimum absolute atomic E-state index is 0.0925. The third-order valence-electron chi connectivity index (χ3n) is 3.23. The molecule has 1 saturated carbocycles. The minimum Gasteiger partial charge on any atom is -0.310 e. The minimum atomic E-state index is -3.50. The second-order valence-corrected chi connectivity index (χ2v) is 8.85. The molecule has 0 saturated heterocycles. The van der Waals surface area contributed by atoms with Gasteiger partial charge in [0, 0.05) is 28.9 Å². The van der Waals surface area contributed by atoms with Crippen molar-refractivity contribution in [2.24, 2.45) is 0 Å². The molecule has 7 heteroatoms. The van der Waals surface area contributed by atoms with Crippen LogP contribution in [-0.4, -0.2) is 32.5 Å². The molecule has 21 heavy (non-hydrogen) atoms. The van der Waals surface area contributed by atoms with E-state index in [1.165, 1.54) is 12.8 Å². The van der Waals surface area contributed by atoms with E-state index in [1.807, 2.05) is 19.2 Å². The molecular formula is C14H21BrN2O2S2. The van der Waals surface area contributed by atoms with Crippen LogP contribution in [0.3, 0.4) is 0 Å². The van der Waals surface area contributed by atoms with Crippen molar-refractivity contribution in [3.05, 3.63) is 28.2 Å². The highest BCUT2D eigenvalue weighted by Gasteiger charge is 2.22. The van der Waals surface area contributed by atoms with E-state index in [1.54, 1.807) is 23.9 Å². The fraction of sp³-hybridized carbons (Fsp3) is 0.571. The monoisotopic (exact) mass is 392 g/mol. The first-order valence-corrected chi connectivity index (χ1v) is 10.6. The van der Waals surface area contributed by atoms with Gasteiger partial charge in [-0.1, -0.05) is 6.07 Å². The topological polar surface area (TPSA) is 58.2 Å². The summed E-state index contributed by atoms with van der Waals surface area (Å²) in [5.41, 5.74) is 0.989. The molecule has 2 N–H and O–H groups in total. The van der Waals surface area contributed by atoms with E-state index in [0.29, 0.717) is 22.0 Å². The van der Waals surface area contributed by atoms with Gasteiger partial charge in [0.1, 0.15) is 0 Å². The lowest BCUT2D eigenvalue weighted by molar-refractivity contribution is 0.570. The second-order valence-electron chi connectivity index (χ2n) is 5.40. The molecule has 0 bridgehead atoms. The summed E-state index contributed by atoms with van der Waals surface area (Å²) in [6.45, 7) is 2.58. The zero-order valence-electron chi connectivity index (χ0n) is 12.2. The number of benzene rings is 1. The first-order valence-electron chi connectivity index (χ1n) is 6.95. The molecule has 0 radical (unpaired) electrons. The SMILES string of the molecule is CSCC(C)NS(=O)(=O)c1cc(CNC2CC2)ccc1Br. The van der Waals surface area contributed by atoms with E-state index >= 15 is 0 Å². The first-order chi connectivity index (χ1) is 9.92. The molecular weight excluding hydrogens is 372 g/mol. The van der Waals surface area contributed by atoms with Gasteiger partial charge in [-0.3, -0.25) is 0 Å². The third-order valence-corrected chi connectivity index (χ3v) is 6.65. The van der Waals surface area contributed by atoms with Gasteiger partial charge in [0.15, 0.2) is 0 Å². The Hall–Kier alpha value is -0.0800. The van der Waals surface area contributed by atoms with Crippen LogP contribution in [0.15, 0.2) is 27.6 Å². The molecule has 0 amide bonds. The Balaban J connectivity index is 2.13. The third kappa shape index (κ3) is 5.25. The van der Waals surface area contributed by atoms with Crippen LogP contribution in [0, 0.1) is 0 Å². The maximum atomic E-state index is 12.5. The van der Waals surface area contributed by atoms with Crippen molar-refractivity contribution in [2.75, 3.05) is 12.0 Å². The van der Waals surface area contributed by atoms with Gasteiger partial charge < -0.3 is 5.32 Å². The largest absolute Gasteiger partial charge is 0.310 e. The molecule has 1 atom stereocenters. The maximum absolute atomic E-state index is 12.5. The molecule has 0 aromatic heterocycles. The van der Waals surface area contributed by atoms with Crippen molar-refractivity contribution in [3.63, 3.8) is 0 Å². The zero-order chi connectivity index (χ0) is 15.5. The first kappa shape index (κ1) is 17.3. The van der Waals surface area contributed by atoms with Gasteiger partial charge in [0.2, 0.25) is 10.0 Å². The van der Waals surface area contributed by atoms with Crippen LogP contribution in [0.5, 0.6) is 0 Å². The van der Waals surface area contributed by atoms with E-state index in [-0.39, 0.29) is 6.04 Å². The smallest absolute Gasteiger partial charge is 0.241 e. The van der Waals surface area contributed by atoms with Crippen molar-refractivity contribution in [3.8, 4) is 0 Å². The van der Waals surface area contributed by atoms with Crippen LogP contribution < -0.4 is 10.0 Å². The Labute approximate surface area is 139 Å². The highest BCUT2D eigenvalue weighted by atomic mass is 79.9. The van der Waals surface area contributed by atoms with Crippen LogP contribution >= 0.6 is 27.7 Å². The van der Waals surface area contributed by atoms with Crippen LogP contribution in [0.1, 0.15) is 25.3 Å². The zero-order valence-corrected chi connectivity index (χ0v) is 15.4. The van der Waals surface area contributed by atoms with Gasteiger partial charge in [0.05, 0.1) is 4.90 Å². The van der Waals surface area contributed by atoms with E-state index in [0.717, 1.165) is 11.3 Å². The Morgan fingerprint density at radius 1 is 1.43 bits per heavy atom. The summed E-state index contributed by atoms with van der Waals surface area (Å²) in [5.74, 6) is 0.750. The molecule has 4 nitrogen and oxygen atoms in total. The van der Waals surface area contributed by atoms with E-state index in [9.17, 15) is 8.42 Å². The predicted octanol–water partition coefficient (Wildman–Crippen LogP) is 2.73. The number of sulfonamides is 1. The van der Waals surface area contributed by atoms with Crippen molar-refractivity contribution >= 4 is 37.7 Å². The lowest BCUT2D eigenvalue weighted by atomic mass is 10.2. The summed E-state index contributed by atoms with van der Waals surface area (Å²) in [5, 5.41) is 3.40. The molecule has 1 unspecified atom stereocenters. The molecule has 1 aliphatic carbocycles. The fourth-order valence-electron chi connectivity index (χ4n) is 2.03. The average Bonchev–Trinajstić information content (AvgIpc) is 3.21. The summed E-state index contributed by atoms with van der Waals surface area (Å²) in [7, 11) is -3.50. The van der Waals surface area contributed by atoms with Crippen LogP contribution in [0.25, 0.3) is 0 Å². The van der Waals surface area contributed by atoms with Crippen molar-refractivity contribution in [1.82, 2.24) is 10.0 Å². The van der Waals surface area contributed by atoms with Crippen LogP contribution in [0.2, 0.25) is 0 Å². The summed E-state index contributed by atoms with van der Waals surface area (Å²) in [6, 6.07) is 6.01. The molecule has 1 aliphatic rings. The van der Waals surface area contributed by atoms with Gasteiger partial charge in [-0.15, -0.1) is 0 Å². The number of hydrogen-bond acceptors (Lipinski definition) is 4. The van der Waals surface area contributed by atoms with Crippen molar-refractivity contribution in [2.45, 2.75) is 43.3 Å². The van der Waals surface area contributed by atoms with Gasteiger partial charge in [-0.25, -0.2) is 13.1 Å². The molecule has 0 aliphatic heterocycles. The number of nitrogens with one attached hydrogen (secondary N) is 2. The normalized spacial score (nSPS) is 16.9. The molecule has 0 heterocycles. The van der Waals surface area contributed by atoms with E-state index in [4.69, 9.17) is 0 Å². The predicted molar refractivity (Wildman–Crippen MR) is 92.2 cm³/mol. The standard InChI is InChI=1S/C14H21BrN2O2S2/c1-10(9-20-2)17-21(18,19)14-7-11(3-6-13(14)15)8-16-12-4-5-12/h3,6-7,10,12,16-17H,4-5,8-9H2,1-2H3. The van der Waals surface area contributed by atoms with Crippen LogP contribution in [-0.2, 0) is 16.6 Å². The highest BCUT2D eigenvalue weighted by molar-refractivity contribution is 9.10. The highest BCUT2D eigenvalue weighted by Crippen LogP contribution is 2.25. The van der Waals surface area contributed by atoms with E-state index in [2.05, 4.69) is 26.0 Å². The quantitative estimate of drug-likeness (QED) is 0.713. The van der Waals surface area contributed by atoms with Crippen molar-refractivity contribution in [1.29, 1.82) is 0 Å². The Bertz CT molecular complexity index is 589. The second kappa shape index (κ2) is 7.46. The summed E-state index contributed by atoms with van der Waals surface area (Å²) in [6.07, 6.45) is 4.40. The van der Waals surface area contributed by atoms with Gasteiger partial charge in [0.25, 0.3) is 0 Å². The molecule has 118 valence electrons. The molecule has 1 fully saturated rings.